The molecule has 0 saturated heterocycles. The molecule has 2 aliphatic carbocycles. The Morgan fingerprint density at radius 3 is 2.61 bits per heavy atom. The van der Waals surface area contributed by atoms with Crippen LogP contribution < -0.4 is 5.32 Å². The molecule has 18 heavy (non-hydrogen) atoms. The highest BCUT2D eigenvalue weighted by molar-refractivity contribution is 8.00. The number of rotatable bonds is 7. The minimum atomic E-state index is -0.136. The van der Waals surface area contributed by atoms with Crippen LogP contribution in [0.4, 0.5) is 0 Å². The first-order valence-corrected chi connectivity index (χ1v) is 7.58. The summed E-state index contributed by atoms with van der Waals surface area (Å²) in [6.45, 7) is 1.94. The Labute approximate surface area is 112 Å². The normalized spacial score (nSPS) is 22.1. The van der Waals surface area contributed by atoms with Crippen molar-refractivity contribution in [1.82, 2.24) is 5.32 Å². The molecule has 4 nitrogen and oxygen atoms in total. The lowest BCUT2D eigenvalue weighted by Gasteiger charge is -2.16. The summed E-state index contributed by atoms with van der Waals surface area (Å²) in [7, 11) is 1.43. The first-order valence-electron chi connectivity index (χ1n) is 6.53. The molecule has 2 saturated carbocycles. The van der Waals surface area contributed by atoms with E-state index in [0.717, 1.165) is 31.4 Å². The maximum Gasteiger partial charge on any atom is 0.306 e. The van der Waals surface area contributed by atoms with Crippen molar-refractivity contribution in [3.8, 4) is 0 Å². The van der Waals surface area contributed by atoms with Gasteiger partial charge in [-0.05, 0) is 38.0 Å². The third-order valence-corrected chi connectivity index (χ3v) is 5.13. The molecule has 0 aromatic heterocycles. The van der Waals surface area contributed by atoms with E-state index < -0.39 is 0 Å². The molecule has 2 rings (SSSR count). The maximum absolute atomic E-state index is 11.8. The van der Waals surface area contributed by atoms with Crippen molar-refractivity contribution in [2.75, 3.05) is 12.9 Å². The van der Waals surface area contributed by atoms with Crippen LogP contribution in [0.25, 0.3) is 0 Å². The van der Waals surface area contributed by atoms with Crippen LogP contribution >= 0.6 is 11.8 Å². The van der Waals surface area contributed by atoms with Crippen LogP contribution in [0.1, 0.15) is 39.0 Å². The Balaban J connectivity index is 1.69. The average molecular weight is 271 g/mol. The number of nitrogens with one attached hydrogen (secondary N) is 1. The zero-order chi connectivity index (χ0) is 13.2. The monoisotopic (exact) mass is 271 g/mol. The van der Waals surface area contributed by atoms with Gasteiger partial charge in [-0.3, -0.25) is 9.59 Å². The molecule has 102 valence electrons. The van der Waals surface area contributed by atoms with E-state index in [2.05, 4.69) is 5.32 Å². The van der Waals surface area contributed by atoms with Crippen molar-refractivity contribution in [3.05, 3.63) is 0 Å². The molecule has 0 bridgehead atoms. The largest absolute Gasteiger partial charge is 0.469 e. The van der Waals surface area contributed by atoms with Crippen molar-refractivity contribution in [2.45, 2.75) is 50.3 Å². The van der Waals surface area contributed by atoms with Crippen LogP contribution in [0.15, 0.2) is 0 Å². The van der Waals surface area contributed by atoms with E-state index in [0.29, 0.717) is 12.5 Å². The van der Waals surface area contributed by atoms with E-state index >= 15 is 0 Å². The Bertz CT molecular complexity index is 337. The molecule has 0 aromatic rings. The Hall–Kier alpha value is -0.710. The van der Waals surface area contributed by atoms with Gasteiger partial charge in [-0.15, -0.1) is 11.8 Å². The molecular formula is C13H21NO3S. The lowest BCUT2D eigenvalue weighted by molar-refractivity contribution is -0.141. The minimum Gasteiger partial charge on any atom is -0.469 e. The van der Waals surface area contributed by atoms with Gasteiger partial charge >= 0.3 is 5.97 Å². The lowest BCUT2D eigenvalue weighted by Crippen LogP contribution is -2.33. The summed E-state index contributed by atoms with van der Waals surface area (Å²) in [5.41, 5.74) is 0.103. The zero-order valence-corrected chi connectivity index (χ0v) is 11.8. The second-order valence-electron chi connectivity index (χ2n) is 5.49. The SMILES string of the molecule is COC(=O)CC1(CSC(C)C(=O)NC2CC2)CC1. The van der Waals surface area contributed by atoms with Gasteiger partial charge < -0.3 is 10.1 Å². The highest BCUT2D eigenvalue weighted by Crippen LogP contribution is 2.51. The molecule has 1 amide bonds. The molecule has 0 spiro atoms. The number of hydrogen-bond acceptors (Lipinski definition) is 4. The summed E-state index contributed by atoms with van der Waals surface area (Å²) in [5, 5.41) is 2.98. The van der Waals surface area contributed by atoms with E-state index in [1.54, 1.807) is 11.8 Å². The van der Waals surface area contributed by atoms with Gasteiger partial charge in [0.2, 0.25) is 5.91 Å². The minimum absolute atomic E-state index is 0.0271. The van der Waals surface area contributed by atoms with E-state index in [-0.39, 0.29) is 22.5 Å². The van der Waals surface area contributed by atoms with Crippen LogP contribution in [0.5, 0.6) is 0 Å². The predicted octanol–water partition coefficient (Wildman–Crippen LogP) is 1.73. The highest BCUT2D eigenvalue weighted by Gasteiger charge is 2.45. The van der Waals surface area contributed by atoms with Crippen molar-refractivity contribution < 1.29 is 14.3 Å². The number of carbonyl (C=O) groups is 2. The molecule has 1 N–H and O–H groups in total. The summed E-state index contributed by atoms with van der Waals surface area (Å²) in [6.07, 6.45) is 4.89. The smallest absolute Gasteiger partial charge is 0.306 e. The van der Waals surface area contributed by atoms with Gasteiger partial charge in [-0.1, -0.05) is 0 Å². The number of ether oxygens (including phenoxy) is 1. The average Bonchev–Trinajstić information content (AvgIpc) is 3.24. The summed E-state index contributed by atoms with van der Waals surface area (Å²) >= 11 is 1.66. The van der Waals surface area contributed by atoms with Crippen LogP contribution in [-0.2, 0) is 14.3 Å². The third kappa shape index (κ3) is 3.90. The number of hydrogen-bond donors (Lipinski definition) is 1. The van der Waals surface area contributed by atoms with Gasteiger partial charge in [0.25, 0.3) is 0 Å². The van der Waals surface area contributed by atoms with Crippen LogP contribution in [0, 0.1) is 5.41 Å². The number of amides is 1. The highest BCUT2D eigenvalue weighted by atomic mass is 32.2. The van der Waals surface area contributed by atoms with Crippen molar-refractivity contribution in [2.24, 2.45) is 5.41 Å². The van der Waals surface area contributed by atoms with E-state index in [9.17, 15) is 9.59 Å². The second kappa shape index (κ2) is 5.51. The fourth-order valence-electron chi connectivity index (χ4n) is 1.85. The van der Waals surface area contributed by atoms with Gasteiger partial charge in [0.15, 0.2) is 0 Å². The molecule has 0 aliphatic heterocycles. The van der Waals surface area contributed by atoms with E-state index in [1.807, 2.05) is 6.92 Å². The summed E-state index contributed by atoms with van der Waals surface area (Å²) in [4.78, 5) is 23.1. The second-order valence-corrected chi connectivity index (χ2v) is 6.82. The summed E-state index contributed by atoms with van der Waals surface area (Å²) < 4.78 is 4.71. The molecule has 0 heterocycles. The molecule has 1 atom stereocenters. The molecule has 1 unspecified atom stereocenters. The van der Waals surface area contributed by atoms with Gasteiger partial charge in [-0.2, -0.15) is 0 Å². The topological polar surface area (TPSA) is 55.4 Å². The number of thioether (sulfide) groups is 1. The van der Waals surface area contributed by atoms with Gasteiger partial charge in [0, 0.05) is 11.8 Å². The molecule has 5 heteroatoms. The van der Waals surface area contributed by atoms with Gasteiger partial charge in [0.05, 0.1) is 18.8 Å². The Morgan fingerprint density at radius 1 is 1.44 bits per heavy atom. The fourth-order valence-corrected chi connectivity index (χ4v) is 3.06. The molecule has 0 radical (unpaired) electrons. The van der Waals surface area contributed by atoms with Gasteiger partial charge in [-0.25, -0.2) is 0 Å². The van der Waals surface area contributed by atoms with Crippen molar-refractivity contribution in [3.63, 3.8) is 0 Å². The first kappa shape index (κ1) is 13.7. The molecule has 2 fully saturated rings. The molecule has 2 aliphatic rings. The quantitative estimate of drug-likeness (QED) is 0.717. The molecular weight excluding hydrogens is 250 g/mol. The summed E-state index contributed by atoms with van der Waals surface area (Å²) in [5.74, 6) is 0.876. The van der Waals surface area contributed by atoms with E-state index in [1.165, 1.54) is 7.11 Å². The van der Waals surface area contributed by atoms with Crippen LogP contribution in [-0.4, -0.2) is 36.0 Å². The van der Waals surface area contributed by atoms with Crippen molar-refractivity contribution >= 4 is 23.6 Å². The third-order valence-electron chi connectivity index (χ3n) is 3.64. The Morgan fingerprint density at radius 2 is 2.11 bits per heavy atom. The Kier molecular flexibility index (Phi) is 4.20. The predicted molar refractivity (Wildman–Crippen MR) is 71.4 cm³/mol. The first-order chi connectivity index (χ1) is 8.54. The summed E-state index contributed by atoms with van der Waals surface area (Å²) in [6, 6.07) is 0.422. The lowest BCUT2D eigenvalue weighted by atomic mass is 10.1. The fraction of sp³-hybridized carbons (Fsp3) is 0.846. The van der Waals surface area contributed by atoms with Gasteiger partial charge in [0.1, 0.15) is 0 Å². The standard InChI is InChI=1S/C13H21NO3S/c1-9(12(16)14-10-3-4-10)18-8-13(5-6-13)7-11(15)17-2/h9-10H,3-8H2,1-2H3,(H,14,16). The van der Waals surface area contributed by atoms with Crippen LogP contribution in [0.3, 0.4) is 0 Å². The van der Waals surface area contributed by atoms with E-state index in [4.69, 9.17) is 4.74 Å². The number of esters is 1. The molecule has 0 aromatic carbocycles. The van der Waals surface area contributed by atoms with Crippen molar-refractivity contribution in [1.29, 1.82) is 0 Å². The number of carbonyl (C=O) groups excluding carboxylic acids is 2. The zero-order valence-electron chi connectivity index (χ0n) is 11.0. The van der Waals surface area contributed by atoms with Crippen LogP contribution in [0.2, 0.25) is 0 Å². The maximum atomic E-state index is 11.8. The number of methoxy groups -OCH3 is 1.